The molecule has 3 N–H and O–H groups in total. The van der Waals surface area contributed by atoms with Gasteiger partial charge in [0.25, 0.3) is 0 Å². The Morgan fingerprint density at radius 2 is 2.12 bits per heavy atom. The predicted molar refractivity (Wildman–Crippen MR) is 66.5 cm³/mol. The Labute approximate surface area is 101 Å². The molecule has 0 aliphatic carbocycles. The van der Waals surface area contributed by atoms with Crippen LogP contribution in [0.5, 0.6) is 5.75 Å². The first kappa shape index (κ1) is 13.3. The molecule has 1 unspecified atom stereocenters. The van der Waals surface area contributed by atoms with E-state index in [1.807, 2.05) is 24.3 Å². The van der Waals surface area contributed by atoms with Crippen molar-refractivity contribution in [1.82, 2.24) is 0 Å². The second-order valence-electron chi connectivity index (χ2n) is 4.25. The third-order valence-electron chi connectivity index (χ3n) is 2.55. The van der Waals surface area contributed by atoms with E-state index in [2.05, 4.69) is 0 Å². The SMILES string of the molecule is COc1ccccc1N(C)CC(C)(N)C(=O)O. The Morgan fingerprint density at radius 1 is 1.53 bits per heavy atom. The second kappa shape index (κ2) is 5.05. The molecular weight excluding hydrogens is 220 g/mol. The molecule has 1 aromatic carbocycles. The Bertz CT molecular complexity index is 404. The van der Waals surface area contributed by atoms with Gasteiger partial charge in [-0.05, 0) is 19.1 Å². The molecule has 0 spiro atoms. The number of nitrogens with zero attached hydrogens (tertiary/aromatic N) is 1. The first-order valence-corrected chi connectivity index (χ1v) is 5.25. The topological polar surface area (TPSA) is 75.8 Å². The number of hydrogen-bond acceptors (Lipinski definition) is 4. The number of methoxy groups -OCH3 is 1. The van der Waals surface area contributed by atoms with E-state index in [0.29, 0.717) is 5.75 Å². The molecule has 1 atom stereocenters. The van der Waals surface area contributed by atoms with Crippen molar-refractivity contribution >= 4 is 11.7 Å². The maximum absolute atomic E-state index is 11.0. The summed E-state index contributed by atoms with van der Waals surface area (Å²) < 4.78 is 5.21. The molecule has 5 nitrogen and oxygen atoms in total. The fraction of sp³-hybridized carbons (Fsp3) is 0.417. The molecular formula is C12H18N2O3. The van der Waals surface area contributed by atoms with Crippen LogP contribution in [-0.2, 0) is 4.79 Å². The molecule has 0 aliphatic rings. The highest BCUT2D eigenvalue weighted by atomic mass is 16.5. The summed E-state index contributed by atoms with van der Waals surface area (Å²) in [6.45, 7) is 1.68. The van der Waals surface area contributed by atoms with Crippen LogP contribution in [0, 0.1) is 0 Å². The fourth-order valence-electron chi connectivity index (χ4n) is 1.59. The molecule has 94 valence electrons. The monoisotopic (exact) mass is 238 g/mol. The summed E-state index contributed by atoms with van der Waals surface area (Å²) in [6.07, 6.45) is 0. The zero-order valence-electron chi connectivity index (χ0n) is 10.3. The van der Waals surface area contributed by atoms with Crippen molar-refractivity contribution in [2.45, 2.75) is 12.5 Å². The van der Waals surface area contributed by atoms with Crippen molar-refractivity contribution in [2.24, 2.45) is 5.73 Å². The van der Waals surface area contributed by atoms with Crippen LogP contribution in [0.15, 0.2) is 24.3 Å². The maximum atomic E-state index is 11.0. The first-order chi connectivity index (χ1) is 7.88. The van der Waals surface area contributed by atoms with Crippen molar-refractivity contribution in [1.29, 1.82) is 0 Å². The fourth-order valence-corrected chi connectivity index (χ4v) is 1.59. The van der Waals surface area contributed by atoms with Gasteiger partial charge in [0, 0.05) is 13.6 Å². The molecule has 0 bridgehead atoms. The van der Waals surface area contributed by atoms with Gasteiger partial charge in [-0.15, -0.1) is 0 Å². The Morgan fingerprint density at radius 3 is 2.65 bits per heavy atom. The number of likely N-dealkylation sites (N-methyl/N-ethyl adjacent to an activating group) is 1. The van der Waals surface area contributed by atoms with E-state index in [0.717, 1.165) is 5.69 Å². The van der Waals surface area contributed by atoms with Gasteiger partial charge >= 0.3 is 5.97 Å². The van der Waals surface area contributed by atoms with E-state index in [1.54, 1.807) is 19.1 Å². The Kier molecular flexibility index (Phi) is 3.96. The highest BCUT2D eigenvalue weighted by Crippen LogP contribution is 2.27. The minimum atomic E-state index is -1.30. The van der Waals surface area contributed by atoms with Gasteiger partial charge in [-0.2, -0.15) is 0 Å². The molecule has 0 radical (unpaired) electrons. The number of para-hydroxylation sites is 2. The molecule has 17 heavy (non-hydrogen) atoms. The van der Waals surface area contributed by atoms with Gasteiger partial charge in [0.15, 0.2) is 0 Å². The van der Waals surface area contributed by atoms with Crippen LogP contribution < -0.4 is 15.4 Å². The number of carbonyl (C=O) groups is 1. The maximum Gasteiger partial charge on any atom is 0.325 e. The average molecular weight is 238 g/mol. The van der Waals surface area contributed by atoms with Gasteiger partial charge in [0.1, 0.15) is 11.3 Å². The third kappa shape index (κ3) is 3.10. The second-order valence-corrected chi connectivity index (χ2v) is 4.25. The number of benzene rings is 1. The quantitative estimate of drug-likeness (QED) is 0.798. The van der Waals surface area contributed by atoms with Crippen LogP contribution in [0.4, 0.5) is 5.69 Å². The summed E-state index contributed by atoms with van der Waals surface area (Å²) in [5.74, 6) is -0.338. The molecule has 0 saturated carbocycles. The molecule has 0 aromatic heterocycles. The molecule has 1 aromatic rings. The molecule has 0 saturated heterocycles. The zero-order chi connectivity index (χ0) is 13.1. The molecule has 0 heterocycles. The normalized spacial score (nSPS) is 13.9. The number of ether oxygens (including phenoxy) is 1. The summed E-state index contributed by atoms with van der Waals surface area (Å²) in [5, 5.41) is 8.98. The Hall–Kier alpha value is -1.75. The van der Waals surface area contributed by atoms with Gasteiger partial charge in [-0.3, -0.25) is 4.79 Å². The smallest absolute Gasteiger partial charge is 0.325 e. The van der Waals surface area contributed by atoms with Crippen LogP contribution in [0.1, 0.15) is 6.92 Å². The number of aliphatic carboxylic acids is 1. The number of carboxylic acid groups (broad SMARTS) is 1. The van der Waals surface area contributed by atoms with Gasteiger partial charge in [-0.25, -0.2) is 0 Å². The number of nitrogens with two attached hydrogens (primary N) is 1. The largest absolute Gasteiger partial charge is 0.495 e. The van der Waals surface area contributed by atoms with Crippen LogP contribution >= 0.6 is 0 Å². The Balaban J connectivity index is 2.90. The lowest BCUT2D eigenvalue weighted by Gasteiger charge is -2.28. The number of rotatable bonds is 5. The lowest BCUT2D eigenvalue weighted by atomic mass is 10.0. The zero-order valence-corrected chi connectivity index (χ0v) is 10.3. The van der Waals surface area contributed by atoms with Crippen molar-refractivity contribution in [3.63, 3.8) is 0 Å². The van der Waals surface area contributed by atoms with Crippen LogP contribution in [0.2, 0.25) is 0 Å². The average Bonchev–Trinajstić information content (AvgIpc) is 2.28. The lowest BCUT2D eigenvalue weighted by molar-refractivity contribution is -0.142. The summed E-state index contributed by atoms with van der Waals surface area (Å²) in [5.41, 5.74) is 5.22. The van der Waals surface area contributed by atoms with Crippen LogP contribution in [0.25, 0.3) is 0 Å². The van der Waals surface area contributed by atoms with Gasteiger partial charge in [0.05, 0.1) is 12.8 Å². The molecule has 0 amide bonds. The van der Waals surface area contributed by atoms with Gasteiger partial charge < -0.3 is 20.5 Å². The highest BCUT2D eigenvalue weighted by molar-refractivity contribution is 5.79. The highest BCUT2D eigenvalue weighted by Gasteiger charge is 2.30. The summed E-state index contributed by atoms with van der Waals surface area (Å²) in [7, 11) is 3.36. The van der Waals surface area contributed by atoms with Gasteiger partial charge in [-0.1, -0.05) is 12.1 Å². The molecule has 1 rings (SSSR count). The molecule has 0 fully saturated rings. The minimum absolute atomic E-state index is 0.197. The summed E-state index contributed by atoms with van der Waals surface area (Å²) in [6, 6.07) is 7.40. The molecule has 5 heteroatoms. The third-order valence-corrected chi connectivity index (χ3v) is 2.55. The summed E-state index contributed by atoms with van der Waals surface area (Å²) >= 11 is 0. The van der Waals surface area contributed by atoms with E-state index in [9.17, 15) is 4.79 Å². The lowest BCUT2D eigenvalue weighted by Crippen LogP contribution is -2.53. The minimum Gasteiger partial charge on any atom is -0.495 e. The summed E-state index contributed by atoms with van der Waals surface area (Å²) in [4.78, 5) is 12.7. The number of hydrogen-bond donors (Lipinski definition) is 2. The van der Waals surface area contributed by atoms with Crippen LogP contribution in [-0.4, -0.2) is 37.3 Å². The first-order valence-electron chi connectivity index (χ1n) is 5.25. The predicted octanol–water partition coefficient (Wildman–Crippen LogP) is 0.933. The van der Waals surface area contributed by atoms with Crippen molar-refractivity contribution < 1.29 is 14.6 Å². The van der Waals surface area contributed by atoms with E-state index in [1.165, 1.54) is 6.92 Å². The van der Waals surface area contributed by atoms with Gasteiger partial charge in [0.2, 0.25) is 0 Å². The standard InChI is InChI=1S/C12H18N2O3/c1-12(13,11(15)16)8-14(2)9-6-4-5-7-10(9)17-3/h4-7H,8,13H2,1-3H3,(H,15,16). The molecule has 0 aliphatic heterocycles. The van der Waals surface area contributed by atoms with E-state index < -0.39 is 11.5 Å². The van der Waals surface area contributed by atoms with E-state index in [-0.39, 0.29) is 6.54 Å². The van der Waals surface area contributed by atoms with Crippen molar-refractivity contribution in [2.75, 3.05) is 25.6 Å². The number of carboxylic acids is 1. The van der Waals surface area contributed by atoms with Crippen LogP contribution in [0.3, 0.4) is 0 Å². The van der Waals surface area contributed by atoms with E-state index >= 15 is 0 Å². The van der Waals surface area contributed by atoms with Crippen molar-refractivity contribution in [3.05, 3.63) is 24.3 Å². The number of anilines is 1. The van der Waals surface area contributed by atoms with Crippen molar-refractivity contribution in [3.8, 4) is 5.75 Å². The van der Waals surface area contributed by atoms with E-state index in [4.69, 9.17) is 15.6 Å².